The molecule has 0 radical (unpaired) electrons. The van der Waals surface area contributed by atoms with Gasteiger partial charge in [0.15, 0.2) is 0 Å². The van der Waals surface area contributed by atoms with E-state index in [2.05, 4.69) is 5.32 Å². The van der Waals surface area contributed by atoms with Gasteiger partial charge in [0.2, 0.25) is 0 Å². The molecule has 3 aliphatic rings. The van der Waals surface area contributed by atoms with Crippen molar-refractivity contribution in [1.82, 2.24) is 5.32 Å². The summed E-state index contributed by atoms with van der Waals surface area (Å²) in [6.07, 6.45) is 14.6. The van der Waals surface area contributed by atoms with Crippen LogP contribution in [0.25, 0.3) is 0 Å². The predicted molar refractivity (Wildman–Crippen MR) is 74.5 cm³/mol. The average molecular weight is 251 g/mol. The van der Waals surface area contributed by atoms with Crippen LogP contribution in [0.5, 0.6) is 0 Å². The molecule has 3 saturated carbocycles. The van der Waals surface area contributed by atoms with Gasteiger partial charge in [0, 0.05) is 12.1 Å². The number of hydrogen-bond acceptors (Lipinski definition) is 2. The quantitative estimate of drug-likeness (QED) is 0.789. The van der Waals surface area contributed by atoms with Crippen LogP contribution in [-0.4, -0.2) is 23.3 Å². The molecule has 3 rings (SSSR count). The summed E-state index contributed by atoms with van der Waals surface area (Å²) in [5, 5.41) is 13.5. The Bertz CT molecular complexity index is 260. The summed E-state index contributed by atoms with van der Waals surface area (Å²) in [7, 11) is 0. The lowest BCUT2D eigenvalue weighted by Gasteiger charge is -2.41. The molecular formula is C16H29NO. The average Bonchev–Trinajstić information content (AvgIpc) is 2.41. The van der Waals surface area contributed by atoms with Crippen LogP contribution in [0.15, 0.2) is 0 Å². The maximum atomic E-state index is 9.56. The van der Waals surface area contributed by atoms with Gasteiger partial charge in [0.25, 0.3) is 0 Å². The summed E-state index contributed by atoms with van der Waals surface area (Å²) in [6, 6.07) is 1.48. The SMILES string of the molecule is OC1CCC(NC2CCC3CCCCC3C2)CC1. The van der Waals surface area contributed by atoms with Crippen molar-refractivity contribution < 1.29 is 5.11 Å². The molecule has 3 aliphatic carbocycles. The highest BCUT2D eigenvalue weighted by Gasteiger charge is 2.33. The van der Waals surface area contributed by atoms with E-state index >= 15 is 0 Å². The third kappa shape index (κ3) is 3.08. The van der Waals surface area contributed by atoms with E-state index in [1.165, 1.54) is 57.8 Å². The fourth-order valence-electron chi connectivity index (χ4n) is 4.60. The van der Waals surface area contributed by atoms with Gasteiger partial charge >= 0.3 is 0 Å². The second-order valence-corrected chi connectivity index (χ2v) is 6.99. The molecule has 0 aromatic carbocycles. The summed E-state index contributed by atoms with van der Waals surface area (Å²) >= 11 is 0. The predicted octanol–water partition coefficient (Wildman–Crippen LogP) is 3.24. The highest BCUT2D eigenvalue weighted by Crippen LogP contribution is 2.40. The minimum Gasteiger partial charge on any atom is -0.393 e. The molecule has 0 heterocycles. The van der Waals surface area contributed by atoms with Crippen LogP contribution in [0, 0.1) is 11.8 Å². The summed E-state index contributed by atoms with van der Waals surface area (Å²) in [5.41, 5.74) is 0. The van der Waals surface area contributed by atoms with Gasteiger partial charge in [0.1, 0.15) is 0 Å². The Morgan fingerprint density at radius 2 is 1.33 bits per heavy atom. The van der Waals surface area contributed by atoms with E-state index in [1.54, 1.807) is 0 Å². The molecule has 0 aromatic rings. The van der Waals surface area contributed by atoms with E-state index in [-0.39, 0.29) is 6.10 Å². The smallest absolute Gasteiger partial charge is 0.0541 e. The van der Waals surface area contributed by atoms with E-state index in [4.69, 9.17) is 0 Å². The van der Waals surface area contributed by atoms with Crippen molar-refractivity contribution in [2.24, 2.45) is 11.8 Å². The first kappa shape index (κ1) is 12.9. The van der Waals surface area contributed by atoms with Crippen molar-refractivity contribution in [2.45, 2.75) is 88.8 Å². The van der Waals surface area contributed by atoms with Gasteiger partial charge in [-0.3, -0.25) is 0 Å². The lowest BCUT2D eigenvalue weighted by molar-refractivity contribution is 0.100. The van der Waals surface area contributed by atoms with Crippen molar-refractivity contribution in [1.29, 1.82) is 0 Å². The Morgan fingerprint density at radius 1 is 0.667 bits per heavy atom. The molecule has 2 heteroatoms. The van der Waals surface area contributed by atoms with Gasteiger partial charge in [0.05, 0.1) is 6.10 Å². The summed E-state index contributed by atoms with van der Waals surface area (Å²) in [4.78, 5) is 0. The van der Waals surface area contributed by atoms with E-state index in [0.29, 0.717) is 6.04 Å². The first-order chi connectivity index (χ1) is 8.81. The van der Waals surface area contributed by atoms with Crippen molar-refractivity contribution in [3.05, 3.63) is 0 Å². The molecule has 0 saturated heterocycles. The van der Waals surface area contributed by atoms with Gasteiger partial charge < -0.3 is 10.4 Å². The molecule has 2 nitrogen and oxygen atoms in total. The zero-order valence-corrected chi connectivity index (χ0v) is 11.6. The van der Waals surface area contributed by atoms with Gasteiger partial charge in [-0.2, -0.15) is 0 Å². The minimum absolute atomic E-state index is 0.0165. The Labute approximate surface area is 112 Å². The Balaban J connectivity index is 1.46. The Kier molecular flexibility index (Phi) is 4.25. The van der Waals surface area contributed by atoms with Gasteiger partial charge in [-0.1, -0.05) is 25.7 Å². The van der Waals surface area contributed by atoms with Crippen molar-refractivity contribution in [3.8, 4) is 0 Å². The summed E-state index contributed by atoms with van der Waals surface area (Å²) in [6.45, 7) is 0. The normalized spacial score (nSPS) is 45.5. The van der Waals surface area contributed by atoms with Crippen LogP contribution in [0.1, 0.15) is 70.6 Å². The van der Waals surface area contributed by atoms with Crippen LogP contribution >= 0.6 is 0 Å². The van der Waals surface area contributed by atoms with E-state index in [9.17, 15) is 5.11 Å². The fraction of sp³-hybridized carbons (Fsp3) is 1.00. The number of aliphatic hydroxyl groups is 1. The maximum Gasteiger partial charge on any atom is 0.0541 e. The maximum absolute atomic E-state index is 9.56. The van der Waals surface area contributed by atoms with Crippen LogP contribution in [0.3, 0.4) is 0 Å². The summed E-state index contributed by atoms with van der Waals surface area (Å²) in [5.74, 6) is 2.09. The number of hydrogen-bond donors (Lipinski definition) is 2. The Morgan fingerprint density at radius 3 is 2.11 bits per heavy atom. The molecule has 18 heavy (non-hydrogen) atoms. The number of fused-ring (bicyclic) bond motifs is 1. The van der Waals surface area contributed by atoms with Crippen molar-refractivity contribution in [3.63, 3.8) is 0 Å². The topological polar surface area (TPSA) is 32.3 Å². The minimum atomic E-state index is -0.0165. The monoisotopic (exact) mass is 251 g/mol. The molecular weight excluding hydrogens is 222 g/mol. The third-order valence-electron chi connectivity index (χ3n) is 5.71. The molecule has 0 aliphatic heterocycles. The zero-order valence-electron chi connectivity index (χ0n) is 11.6. The first-order valence-corrected chi connectivity index (χ1v) is 8.25. The number of aliphatic hydroxyl groups excluding tert-OH is 1. The fourth-order valence-corrected chi connectivity index (χ4v) is 4.60. The molecule has 3 unspecified atom stereocenters. The molecule has 0 bridgehead atoms. The van der Waals surface area contributed by atoms with E-state index < -0.39 is 0 Å². The highest BCUT2D eigenvalue weighted by atomic mass is 16.3. The summed E-state index contributed by atoms with van der Waals surface area (Å²) < 4.78 is 0. The van der Waals surface area contributed by atoms with Crippen molar-refractivity contribution >= 4 is 0 Å². The third-order valence-corrected chi connectivity index (χ3v) is 5.71. The van der Waals surface area contributed by atoms with Gasteiger partial charge in [-0.05, 0) is 56.8 Å². The second-order valence-electron chi connectivity index (χ2n) is 6.99. The molecule has 0 amide bonds. The first-order valence-electron chi connectivity index (χ1n) is 8.25. The molecule has 3 fully saturated rings. The van der Waals surface area contributed by atoms with Crippen LogP contribution in [-0.2, 0) is 0 Å². The van der Waals surface area contributed by atoms with Gasteiger partial charge in [-0.15, -0.1) is 0 Å². The molecule has 0 spiro atoms. The number of nitrogens with one attached hydrogen (secondary N) is 1. The molecule has 104 valence electrons. The molecule has 0 aromatic heterocycles. The van der Waals surface area contributed by atoms with Gasteiger partial charge in [-0.25, -0.2) is 0 Å². The van der Waals surface area contributed by atoms with Crippen molar-refractivity contribution in [2.75, 3.05) is 0 Å². The van der Waals surface area contributed by atoms with E-state index in [0.717, 1.165) is 30.7 Å². The largest absolute Gasteiger partial charge is 0.393 e. The molecule has 2 N–H and O–H groups in total. The van der Waals surface area contributed by atoms with Crippen LogP contribution < -0.4 is 5.32 Å². The highest BCUT2D eigenvalue weighted by molar-refractivity contribution is 4.88. The standard InChI is InChI=1S/C16H29NO/c18-16-9-7-14(8-10-16)17-15-6-5-12-3-1-2-4-13(12)11-15/h12-18H,1-11H2. The number of rotatable bonds is 2. The lowest BCUT2D eigenvalue weighted by atomic mass is 9.69. The van der Waals surface area contributed by atoms with E-state index in [1.807, 2.05) is 0 Å². The van der Waals surface area contributed by atoms with Crippen LogP contribution in [0.2, 0.25) is 0 Å². The zero-order chi connectivity index (χ0) is 12.4. The Hall–Kier alpha value is -0.0800. The lowest BCUT2D eigenvalue weighted by Crippen LogP contribution is -2.45. The second kappa shape index (κ2) is 5.92. The molecule has 3 atom stereocenters. The van der Waals surface area contributed by atoms with Crippen LogP contribution in [0.4, 0.5) is 0 Å².